The fourth-order valence-electron chi connectivity index (χ4n) is 1.77. The maximum absolute atomic E-state index is 11.6. The molecule has 1 amide bonds. The third kappa shape index (κ3) is 5.57. The molecular formula is C16H21N3O2. The molecule has 1 aromatic carbocycles. The molecular weight excluding hydrogens is 266 g/mol. The van der Waals surface area contributed by atoms with Crippen molar-refractivity contribution in [3.05, 3.63) is 41.6 Å². The van der Waals surface area contributed by atoms with Crippen LogP contribution in [0.4, 0.5) is 0 Å². The molecule has 5 heteroatoms. The highest BCUT2D eigenvalue weighted by Gasteiger charge is 2.07. The van der Waals surface area contributed by atoms with Gasteiger partial charge in [-0.1, -0.05) is 25.1 Å². The van der Waals surface area contributed by atoms with Crippen molar-refractivity contribution in [1.82, 2.24) is 10.6 Å². The van der Waals surface area contributed by atoms with Crippen molar-refractivity contribution in [2.75, 3.05) is 20.2 Å². The van der Waals surface area contributed by atoms with Crippen molar-refractivity contribution in [2.45, 2.75) is 19.8 Å². The number of nitrogens with zero attached hydrogens (tertiary/aromatic N) is 1. The van der Waals surface area contributed by atoms with E-state index in [1.165, 1.54) is 6.20 Å². The highest BCUT2D eigenvalue weighted by Crippen LogP contribution is 2.17. The number of ether oxygens (including phenoxy) is 1. The SMILES string of the molecule is CCCNC(=O)/C(C#N)=C\NCCc1ccccc1OC. The first-order valence-electron chi connectivity index (χ1n) is 6.96. The Morgan fingerprint density at radius 2 is 2.14 bits per heavy atom. The first kappa shape index (κ1) is 16.6. The molecule has 0 saturated carbocycles. The molecule has 0 fully saturated rings. The Labute approximate surface area is 125 Å². The highest BCUT2D eigenvalue weighted by molar-refractivity contribution is 5.97. The molecule has 0 unspecified atom stereocenters. The van der Waals surface area contributed by atoms with Gasteiger partial charge in [0, 0.05) is 19.3 Å². The summed E-state index contributed by atoms with van der Waals surface area (Å²) in [4.78, 5) is 11.6. The van der Waals surface area contributed by atoms with E-state index in [1.54, 1.807) is 7.11 Å². The molecule has 0 aromatic heterocycles. The molecule has 0 aliphatic carbocycles. The fraction of sp³-hybridized carbons (Fsp3) is 0.375. The number of nitriles is 1. The van der Waals surface area contributed by atoms with Gasteiger partial charge in [-0.3, -0.25) is 4.79 Å². The van der Waals surface area contributed by atoms with Gasteiger partial charge in [-0.2, -0.15) is 5.26 Å². The van der Waals surface area contributed by atoms with Crippen molar-refractivity contribution in [2.24, 2.45) is 0 Å². The second-order valence-corrected chi connectivity index (χ2v) is 4.44. The Balaban J connectivity index is 2.49. The van der Waals surface area contributed by atoms with E-state index in [9.17, 15) is 4.79 Å². The number of hydrogen-bond acceptors (Lipinski definition) is 4. The first-order valence-corrected chi connectivity index (χ1v) is 6.96. The first-order chi connectivity index (χ1) is 10.2. The smallest absolute Gasteiger partial charge is 0.263 e. The summed E-state index contributed by atoms with van der Waals surface area (Å²) in [5.41, 5.74) is 1.17. The number of methoxy groups -OCH3 is 1. The summed E-state index contributed by atoms with van der Waals surface area (Å²) in [6.07, 6.45) is 3.04. The zero-order valence-corrected chi connectivity index (χ0v) is 12.5. The lowest BCUT2D eigenvalue weighted by atomic mass is 10.1. The highest BCUT2D eigenvalue weighted by atomic mass is 16.5. The van der Waals surface area contributed by atoms with Gasteiger partial charge >= 0.3 is 0 Å². The van der Waals surface area contributed by atoms with Gasteiger partial charge in [0.05, 0.1) is 7.11 Å². The number of benzene rings is 1. The number of para-hydroxylation sites is 1. The molecule has 2 N–H and O–H groups in total. The minimum Gasteiger partial charge on any atom is -0.496 e. The van der Waals surface area contributed by atoms with Crippen LogP contribution in [0.2, 0.25) is 0 Å². The van der Waals surface area contributed by atoms with E-state index in [1.807, 2.05) is 37.3 Å². The van der Waals surface area contributed by atoms with Gasteiger partial charge < -0.3 is 15.4 Å². The lowest BCUT2D eigenvalue weighted by molar-refractivity contribution is -0.117. The zero-order valence-electron chi connectivity index (χ0n) is 12.5. The van der Waals surface area contributed by atoms with Gasteiger partial charge in [0.15, 0.2) is 0 Å². The molecule has 0 bridgehead atoms. The normalized spacial score (nSPS) is 10.6. The Hall–Kier alpha value is -2.48. The largest absolute Gasteiger partial charge is 0.496 e. The van der Waals surface area contributed by atoms with Crippen molar-refractivity contribution in [3.8, 4) is 11.8 Å². The number of carbonyl (C=O) groups is 1. The third-order valence-electron chi connectivity index (χ3n) is 2.88. The standard InChI is InChI=1S/C16H21N3O2/c1-3-9-19-16(20)14(11-17)12-18-10-8-13-6-4-5-7-15(13)21-2/h4-7,12,18H,3,8-10H2,1-2H3,(H,19,20)/b14-12-. The lowest BCUT2D eigenvalue weighted by Crippen LogP contribution is -2.26. The summed E-state index contributed by atoms with van der Waals surface area (Å²) in [5.74, 6) is 0.494. The van der Waals surface area contributed by atoms with E-state index in [4.69, 9.17) is 10.00 Å². The monoisotopic (exact) mass is 287 g/mol. The van der Waals surface area contributed by atoms with Gasteiger partial charge in [-0.05, 0) is 24.5 Å². The quantitative estimate of drug-likeness (QED) is 0.434. The average molecular weight is 287 g/mol. The number of nitrogens with one attached hydrogen (secondary N) is 2. The van der Waals surface area contributed by atoms with Gasteiger partial charge in [0.1, 0.15) is 17.4 Å². The van der Waals surface area contributed by atoms with Crippen LogP contribution in [0, 0.1) is 11.3 Å². The maximum Gasteiger partial charge on any atom is 0.263 e. The summed E-state index contributed by atoms with van der Waals surface area (Å²) in [7, 11) is 1.64. The summed E-state index contributed by atoms with van der Waals surface area (Å²) in [6, 6.07) is 9.66. The van der Waals surface area contributed by atoms with Crippen molar-refractivity contribution in [1.29, 1.82) is 5.26 Å². The topological polar surface area (TPSA) is 74.2 Å². The molecule has 5 nitrogen and oxygen atoms in total. The summed E-state index contributed by atoms with van der Waals surface area (Å²) in [5, 5.41) is 14.6. The van der Waals surface area contributed by atoms with Gasteiger partial charge in [-0.15, -0.1) is 0 Å². The van der Waals surface area contributed by atoms with Crippen LogP contribution in [-0.4, -0.2) is 26.1 Å². The van der Waals surface area contributed by atoms with Crippen LogP contribution in [-0.2, 0) is 11.2 Å². The molecule has 112 valence electrons. The molecule has 0 aliphatic rings. The van der Waals surface area contributed by atoms with Crippen LogP contribution in [0.15, 0.2) is 36.0 Å². The van der Waals surface area contributed by atoms with Crippen molar-refractivity contribution < 1.29 is 9.53 Å². The number of hydrogen-bond donors (Lipinski definition) is 2. The second kappa shape index (κ2) is 9.43. The molecule has 1 rings (SSSR count). The molecule has 0 saturated heterocycles. The van der Waals surface area contributed by atoms with Crippen LogP contribution < -0.4 is 15.4 Å². The Kier molecular flexibility index (Phi) is 7.44. The van der Waals surface area contributed by atoms with Crippen molar-refractivity contribution >= 4 is 5.91 Å². The Morgan fingerprint density at radius 1 is 1.38 bits per heavy atom. The minimum atomic E-state index is -0.343. The summed E-state index contributed by atoms with van der Waals surface area (Å²) >= 11 is 0. The molecule has 0 atom stereocenters. The predicted molar refractivity (Wildman–Crippen MR) is 81.7 cm³/mol. The predicted octanol–water partition coefficient (Wildman–Crippen LogP) is 1.76. The lowest BCUT2D eigenvalue weighted by Gasteiger charge is -2.08. The number of amides is 1. The molecule has 0 radical (unpaired) electrons. The Morgan fingerprint density at radius 3 is 2.81 bits per heavy atom. The van der Waals surface area contributed by atoms with Gasteiger partial charge in [0.25, 0.3) is 5.91 Å². The summed E-state index contributed by atoms with van der Waals surface area (Å²) in [6.45, 7) is 3.15. The van der Waals surface area contributed by atoms with E-state index in [-0.39, 0.29) is 11.5 Å². The number of carbonyl (C=O) groups excluding carboxylic acids is 1. The van der Waals surface area contributed by atoms with E-state index in [0.29, 0.717) is 13.1 Å². The van der Waals surface area contributed by atoms with E-state index in [2.05, 4.69) is 10.6 Å². The van der Waals surface area contributed by atoms with Crippen LogP contribution in [0.25, 0.3) is 0 Å². The summed E-state index contributed by atoms with van der Waals surface area (Å²) < 4.78 is 5.27. The minimum absolute atomic E-state index is 0.0866. The Bertz CT molecular complexity index is 533. The third-order valence-corrected chi connectivity index (χ3v) is 2.88. The van der Waals surface area contributed by atoms with Crippen LogP contribution in [0.3, 0.4) is 0 Å². The molecule has 1 aromatic rings. The molecule has 0 spiro atoms. The fourth-order valence-corrected chi connectivity index (χ4v) is 1.77. The van der Waals surface area contributed by atoms with Gasteiger partial charge in [0.2, 0.25) is 0 Å². The van der Waals surface area contributed by atoms with Gasteiger partial charge in [-0.25, -0.2) is 0 Å². The van der Waals surface area contributed by atoms with E-state index >= 15 is 0 Å². The van der Waals surface area contributed by atoms with Crippen LogP contribution in [0.1, 0.15) is 18.9 Å². The number of rotatable bonds is 8. The van der Waals surface area contributed by atoms with Crippen molar-refractivity contribution in [3.63, 3.8) is 0 Å². The van der Waals surface area contributed by atoms with Crippen LogP contribution in [0.5, 0.6) is 5.75 Å². The van der Waals surface area contributed by atoms with E-state index in [0.717, 1.165) is 24.2 Å². The van der Waals surface area contributed by atoms with E-state index < -0.39 is 0 Å². The zero-order chi connectivity index (χ0) is 15.5. The molecule has 21 heavy (non-hydrogen) atoms. The van der Waals surface area contributed by atoms with Crippen LogP contribution >= 0.6 is 0 Å². The second-order valence-electron chi connectivity index (χ2n) is 4.44. The average Bonchev–Trinajstić information content (AvgIpc) is 2.53. The maximum atomic E-state index is 11.6. The molecule has 0 aliphatic heterocycles. The molecule has 0 heterocycles.